The van der Waals surface area contributed by atoms with Gasteiger partial charge in [-0.1, -0.05) is 42.1 Å². The van der Waals surface area contributed by atoms with Crippen LogP contribution in [-0.4, -0.2) is 38.0 Å². The van der Waals surface area contributed by atoms with E-state index in [9.17, 15) is 13.2 Å². The predicted octanol–water partition coefficient (Wildman–Crippen LogP) is 1.89. The van der Waals surface area contributed by atoms with Gasteiger partial charge >= 0.3 is 16.3 Å². The molecule has 8 heteroatoms. The number of rotatable bonds is 6. The van der Waals surface area contributed by atoms with E-state index in [0.29, 0.717) is 6.42 Å². The summed E-state index contributed by atoms with van der Waals surface area (Å²) in [6.07, 6.45) is 3.79. The summed E-state index contributed by atoms with van der Waals surface area (Å²) < 4.78 is 35.8. The highest BCUT2D eigenvalue weighted by Crippen LogP contribution is 2.23. The Kier molecular flexibility index (Phi) is 7.42. The number of nitrogens with one attached hydrogen (secondary N) is 1. The molecule has 0 bridgehead atoms. The third-order valence-electron chi connectivity index (χ3n) is 3.11. The molecule has 118 valence electrons. The molecule has 0 unspecified atom stereocenters. The Balaban J connectivity index is 2.77. The van der Waals surface area contributed by atoms with E-state index < -0.39 is 28.4 Å². The monoisotopic (exact) mass is 371 g/mol. The standard InChI is InChI=1S/C12H22BrNO5S/c1-3-4-5-6-10(13)12-11(19-9(2)15)7-8-18-20(16,17)14-12/h10-12,14H,3-8H2,1-2H3/t10-,11+,12+/m1/s1. The maximum atomic E-state index is 11.7. The third-order valence-corrected chi connectivity index (χ3v) is 5.18. The van der Waals surface area contributed by atoms with Gasteiger partial charge in [-0.3, -0.25) is 8.98 Å². The first-order valence-corrected chi connectivity index (χ1v) is 9.16. The number of alkyl halides is 1. The van der Waals surface area contributed by atoms with Crippen LogP contribution in [0.15, 0.2) is 0 Å². The molecule has 0 saturated carbocycles. The van der Waals surface area contributed by atoms with Gasteiger partial charge in [0.05, 0.1) is 12.6 Å². The molecular weight excluding hydrogens is 350 g/mol. The lowest BCUT2D eigenvalue weighted by atomic mass is 10.0. The zero-order valence-electron chi connectivity index (χ0n) is 11.8. The molecule has 0 amide bonds. The minimum atomic E-state index is -3.78. The van der Waals surface area contributed by atoms with E-state index in [4.69, 9.17) is 8.92 Å². The first-order valence-electron chi connectivity index (χ1n) is 6.83. The average Bonchev–Trinajstić information content (AvgIpc) is 2.48. The predicted molar refractivity (Wildman–Crippen MR) is 78.8 cm³/mol. The molecule has 1 heterocycles. The van der Waals surface area contributed by atoms with E-state index in [1.807, 2.05) is 0 Å². The lowest BCUT2D eigenvalue weighted by Gasteiger charge is -2.28. The fraction of sp³-hybridized carbons (Fsp3) is 0.917. The number of unbranched alkanes of at least 4 members (excludes halogenated alkanes) is 2. The second-order valence-electron chi connectivity index (χ2n) is 4.87. The van der Waals surface area contributed by atoms with Gasteiger partial charge in [0, 0.05) is 18.2 Å². The molecule has 0 aromatic carbocycles. The van der Waals surface area contributed by atoms with Gasteiger partial charge in [-0.2, -0.15) is 13.1 Å². The number of hydrogen-bond acceptors (Lipinski definition) is 5. The fourth-order valence-electron chi connectivity index (χ4n) is 2.15. The Hall–Kier alpha value is -0.180. The number of ether oxygens (including phenoxy) is 1. The molecular formula is C12H22BrNO5S. The van der Waals surface area contributed by atoms with Crippen molar-refractivity contribution in [3.05, 3.63) is 0 Å². The molecule has 1 N–H and O–H groups in total. The molecule has 0 spiro atoms. The molecule has 6 nitrogen and oxygen atoms in total. The Bertz CT molecular complexity index is 414. The second kappa shape index (κ2) is 8.31. The lowest BCUT2D eigenvalue weighted by Crippen LogP contribution is -2.48. The van der Waals surface area contributed by atoms with E-state index in [2.05, 4.69) is 27.6 Å². The zero-order valence-corrected chi connectivity index (χ0v) is 14.2. The van der Waals surface area contributed by atoms with Crippen LogP contribution in [0.5, 0.6) is 0 Å². The van der Waals surface area contributed by atoms with Gasteiger partial charge in [-0.15, -0.1) is 0 Å². The molecule has 1 rings (SSSR count). The summed E-state index contributed by atoms with van der Waals surface area (Å²) in [7, 11) is -3.78. The summed E-state index contributed by atoms with van der Waals surface area (Å²) in [5.41, 5.74) is 0. The van der Waals surface area contributed by atoms with E-state index in [0.717, 1.165) is 25.7 Å². The maximum absolute atomic E-state index is 11.7. The van der Waals surface area contributed by atoms with Crippen molar-refractivity contribution in [1.82, 2.24) is 4.72 Å². The first kappa shape index (κ1) is 17.9. The Labute approximate surface area is 129 Å². The number of carbonyl (C=O) groups excluding carboxylic acids is 1. The molecule has 1 aliphatic rings. The Morgan fingerprint density at radius 3 is 2.80 bits per heavy atom. The van der Waals surface area contributed by atoms with Crippen LogP contribution in [0.2, 0.25) is 0 Å². The van der Waals surface area contributed by atoms with Gasteiger partial charge < -0.3 is 4.74 Å². The number of hydrogen-bond donors (Lipinski definition) is 1. The molecule has 0 aromatic heterocycles. The summed E-state index contributed by atoms with van der Waals surface area (Å²) in [4.78, 5) is 11.1. The van der Waals surface area contributed by atoms with Crippen molar-refractivity contribution < 1.29 is 22.1 Å². The molecule has 0 radical (unpaired) electrons. The minimum Gasteiger partial charge on any atom is -0.461 e. The van der Waals surface area contributed by atoms with Gasteiger partial charge in [0.2, 0.25) is 0 Å². The van der Waals surface area contributed by atoms with Crippen molar-refractivity contribution in [2.24, 2.45) is 0 Å². The first-order chi connectivity index (χ1) is 9.35. The molecule has 0 aromatic rings. The van der Waals surface area contributed by atoms with Crippen LogP contribution in [0.1, 0.15) is 46.0 Å². The Morgan fingerprint density at radius 1 is 1.50 bits per heavy atom. The van der Waals surface area contributed by atoms with Crippen LogP contribution in [0, 0.1) is 0 Å². The van der Waals surface area contributed by atoms with Crippen LogP contribution < -0.4 is 4.72 Å². The zero-order chi connectivity index (χ0) is 15.2. The van der Waals surface area contributed by atoms with Gasteiger partial charge in [-0.05, 0) is 6.42 Å². The van der Waals surface area contributed by atoms with Crippen LogP contribution in [-0.2, 0) is 24.0 Å². The molecule has 3 atom stereocenters. The van der Waals surface area contributed by atoms with Crippen molar-refractivity contribution in [2.75, 3.05) is 6.61 Å². The summed E-state index contributed by atoms with van der Waals surface area (Å²) in [6.45, 7) is 3.43. The molecule has 20 heavy (non-hydrogen) atoms. The quantitative estimate of drug-likeness (QED) is 0.437. The number of carbonyl (C=O) groups is 1. The molecule has 0 aliphatic carbocycles. The van der Waals surface area contributed by atoms with Crippen molar-refractivity contribution in [1.29, 1.82) is 0 Å². The fourth-order valence-corrected chi connectivity index (χ4v) is 4.16. The summed E-state index contributed by atoms with van der Waals surface area (Å²) in [6, 6.07) is -0.511. The number of esters is 1. The topological polar surface area (TPSA) is 81.7 Å². The van der Waals surface area contributed by atoms with Crippen LogP contribution in [0.3, 0.4) is 0 Å². The highest BCUT2D eigenvalue weighted by molar-refractivity contribution is 9.09. The maximum Gasteiger partial charge on any atom is 0.336 e. The Morgan fingerprint density at radius 2 is 2.20 bits per heavy atom. The van der Waals surface area contributed by atoms with Gasteiger partial charge in [0.1, 0.15) is 6.10 Å². The SMILES string of the molecule is CCCCC[C@@H](Br)[C@@H]1NS(=O)(=O)OCC[C@@H]1OC(C)=O. The number of halogens is 1. The van der Waals surface area contributed by atoms with E-state index >= 15 is 0 Å². The smallest absolute Gasteiger partial charge is 0.336 e. The van der Waals surface area contributed by atoms with Gasteiger partial charge in [0.15, 0.2) is 0 Å². The highest BCUT2D eigenvalue weighted by atomic mass is 79.9. The molecule has 1 fully saturated rings. The van der Waals surface area contributed by atoms with Crippen molar-refractivity contribution in [2.45, 2.75) is 62.9 Å². The largest absolute Gasteiger partial charge is 0.461 e. The lowest BCUT2D eigenvalue weighted by molar-refractivity contribution is -0.147. The molecule has 1 aliphatic heterocycles. The van der Waals surface area contributed by atoms with Crippen LogP contribution in [0.4, 0.5) is 0 Å². The van der Waals surface area contributed by atoms with Gasteiger partial charge in [-0.25, -0.2) is 0 Å². The van der Waals surface area contributed by atoms with Crippen LogP contribution in [0.25, 0.3) is 0 Å². The second-order valence-corrected chi connectivity index (χ2v) is 7.42. The summed E-state index contributed by atoms with van der Waals surface area (Å²) in [5.74, 6) is -0.422. The van der Waals surface area contributed by atoms with E-state index in [1.54, 1.807) is 0 Å². The van der Waals surface area contributed by atoms with Crippen molar-refractivity contribution in [3.8, 4) is 0 Å². The van der Waals surface area contributed by atoms with Crippen LogP contribution >= 0.6 is 15.9 Å². The van der Waals surface area contributed by atoms with E-state index in [1.165, 1.54) is 6.92 Å². The normalized spacial score (nSPS) is 27.6. The average molecular weight is 372 g/mol. The molecule has 1 saturated heterocycles. The van der Waals surface area contributed by atoms with Crippen molar-refractivity contribution >= 4 is 32.2 Å². The highest BCUT2D eigenvalue weighted by Gasteiger charge is 2.36. The summed E-state index contributed by atoms with van der Waals surface area (Å²) >= 11 is 3.51. The third kappa shape index (κ3) is 6.07. The minimum absolute atomic E-state index is 0.0124. The van der Waals surface area contributed by atoms with Gasteiger partial charge in [0.25, 0.3) is 0 Å². The van der Waals surface area contributed by atoms with E-state index in [-0.39, 0.29) is 11.4 Å². The van der Waals surface area contributed by atoms with Crippen molar-refractivity contribution in [3.63, 3.8) is 0 Å². The summed E-state index contributed by atoms with van der Waals surface area (Å²) in [5, 5.41) is 0.